The van der Waals surface area contributed by atoms with E-state index in [4.69, 9.17) is 0 Å². The van der Waals surface area contributed by atoms with Crippen LogP contribution in [0.3, 0.4) is 0 Å². The quantitative estimate of drug-likeness (QED) is 0.588. The van der Waals surface area contributed by atoms with Gasteiger partial charge in [-0.05, 0) is 36.5 Å². The highest BCUT2D eigenvalue weighted by Gasteiger charge is 2.43. The molecule has 1 aliphatic heterocycles. The fourth-order valence-electron chi connectivity index (χ4n) is 2.78. The van der Waals surface area contributed by atoms with Crippen LogP contribution in [0.25, 0.3) is 0 Å². The average molecular weight is 387 g/mol. The minimum absolute atomic E-state index is 0.143. The van der Waals surface area contributed by atoms with Crippen molar-refractivity contribution in [3.63, 3.8) is 0 Å². The molecule has 1 fully saturated rings. The average Bonchev–Trinajstić information content (AvgIpc) is 2.58. The summed E-state index contributed by atoms with van der Waals surface area (Å²) < 4.78 is 0.827. The van der Waals surface area contributed by atoms with E-state index in [0.29, 0.717) is 12.1 Å². The summed E-state index contributed by atoms with van der Waals surface area (Å²) in [6.07, 6.45) is 3.43. The molecule has 0 aromatic heterocycles. The van der Waals surface area contributed by atoms with E-state index in [1.54, 1.807) is 11.0 Å². The number of amides is 1. The van der Waals surface area contributed by atoms with Gasteiger partial charge in [-0.3, -0.25) is 9.59 Å². The number of hydrogen-bond acceptors (Lipinski definition) is 2. The maximum atomic E-state index is 12.2. The van der Waals surface area contributed by atoms with Crippen molar-refractivity contribution < 1.29 is 9.59 Å². The van der Waals surface area contributed by atoms with Gasteiger partial charge in [0.1, 0.15) is 0 Å². The van der Waals surface area contributed by atoms with Gasteiger partial charge in [0, 0.05) is 16.3 Å². The molecule has 3 rings (SSSR count). The fraction of sp³-hybridized carbons (Fsp3) is 0.429. The molecule has 0 saturated heterocycles. The lowest BCUT2D eigenvalue weighted by Gasteiger charge is -2.43. The SMILES string of the molecule is O=C1C(=O)N(CC2(CBr)CCC2)c2ccc(Br)cc21. The minimum atomic E-state index is -0.389. The minimum Gasteiger partial charge on any atom is -0.304 e. The van der Waals surface area contributed by atoms with Crippen LogP contribution in [0.1, 0.15) is 29.6 Å². The number of nitrogens with zero attached hydrogens (tertiary/aromatic N) is 1. The summed E-state index contributed by atoms with van der Waals surface area (Å²) in [4.78, 5) is 25.8. The predicted molar refractivity (Wildman–Crippen MR) is 80.9 cm³/mol. The van der Waals surface area contributed by atoms with Gasteiger partial charge < -0.3 is 4.90 Å². The number of alkyl halides is 1. The molecule has 19 heavy (non-hydrogen) atoms. The molecule has 1 aromatic rings. The number of carbonyl (C=O) groups is 2. The molecule has 1 saturated carbocycles. The smallest absolute Gasteiger partial charge is 0.299 e. The van der Waals surface area contributed by atoms with E-state index < -0.39 is 0 Å². The van der Waals surface area contributed by atoms with Gasteiger partial charge >= 0.3 is 0 Å². The lowest BCUT2D eigenvalue weighted by atomic mass is 9.70. The predicted octanol–water partition coefficient (Wildman–Crippen LogP) is 3.54. The van der Waals surface area contributed by atoms with Gasteiger partial charge in [0.15, 0.2) is 0 Å². The number of fused-ring (bicyclic) bond motifs is 1. The first-order valence-electron chi connectivity index (χ1n) is 6.28. The van der Waals surface area contributed by atoms with Gasteiger partial charge in [0.25, 0.3) is 11.7 Å². The van der Waals surface area contributed by atoms with E-state index in [-0.39, 0.29) is 17.1 Å². The number of halogens is 2. The molecule has 2 aliphatic rings. The number of rotatable bonds is 3. The van der Waals surface area contributed by atoms with Crippen molar-refractivity contribution in [1.29, 1.82) is 0 Å². The summed E-state index contributed by atoms with van der Waals surface area (Å²) in [5.74, 6) is -0.777. The zero-order valence-corrected chi connectivity index (χ0v) is 13.5. The molecule has 1 aliphatic carbocycles. The number of Topliss-reactive ketones (excluding diaryl/α,β-unsaturated/α-hetero) is 1. The van der Waals surface area contributed by atoms with Gasteiger partial charge in [-0.2, -0.15) is 0 Å². The third kappa shape index (κ3) is 2.07. The van der Waals surface area contributed by atoms with Crippen LogP contribution in [0.15, 0.2) is 22.7 Å². The Balaban J connectivity index is 1.95. The molecular weight excluding hydrogens is 374 g/mol. The zero-order chi connectivity index (χ0) is 13.6. The van der Waals surface area contributed by atoms with E-state index in [0.717, 1.165) is 28.3 Å². The maximum absolute atomic E-state index is 12.2. The van der Waals surface area contributed by atoms with Crippen molar-refractivity contribution in [2.75, 3.05) is 16.8 Å². The molecule has 1 amide bonds. The van der Waals surface area contributed by atoms with E-state index in [1.165, 1.54) is 6.42 Å². The van der Waals surface area contributed by atoms with Gasteiger partial charge in [0.2, 0.25) is 0 Å². The van der Waals surface area contributed by atoms with Gasteiger partial charge in [-0.1, -0.05) is 38.3 Å². The van der Waals surface area contributed by atoms with Crippen LogP contribution in [0.4, 0.5) is 5.69 Å². The molecule has 1 heterocycles. The Morgan fingerprint density at radius 2 is 2.00 bits per heavy atom. The summed E-state index contributed by atoms with van der Waals surface area (Å²) in [6, 6.07) is 5.46. The summed E-state index contributed by atoms with van der Waals surface area (Å²) in [6.45, 7) is 0.636. The molecule has 3 nitrogen and oxygen atoms in total. The van der Waals surface area contributed by atoms with Gasteiger partial charge in [0.05, 0.1) is 11.3 Å². The van der Waals surface area contributed by atoms with Crippen molar-refractivity contribution in [3.05, 3.63) is 28.2 Å². The first kappa shape index (κ1) is 13.3. The van der Waals surface area contributed by atoms with Gasteiger partial charge in [-0.25, -0.2) is 0 Å². The molecule has 0 atom stereocenters. The maximum Gasteiger partial charge on any atom is 0.299 e. The van der Waals surface area contributed by atoms with E-state index in [2.05, 4.69) is 31.9 Å². The summed E-state index contributed by atoms with van der Waals surface area (Å²) in [5, 5.41) is 0.879. The molecule has 0 bridgehead atoms. The van der Waals surface area contributed by atoms with E-state index in [9.17, 15) is 9.59 Å². The van der Waals surface area contributed by atoms with Gasteiger partial charge in [-0.15, -0.1) is 0 Å². The Labute approximate surface area is 128 Å². The van der Waals surface area contributed by atoms with Crippen molar-refractivity contribution >= 4 is 49.2 Å². The molecule has 0 spiro atoms. The highest BCUT2D eigenvalue weighted by molar-refractivity contribution is 9.10. The second-order valence-corrected chi connectivity index (χ2v) is 6.85. The van der Waals surface area contributed by atoms with Crippen molar-refractivity contribution in [3.8, 4) is 0 Å². The summed E-state index contributed by atoms with van der Waals surface area (Å²) >= 11 is 6.89. The zero-order valence-electron chi connectivity index (χ0n) is 10.3. The van der Waals surface area contributed by atoms with Crippen LogP contribution >= 0.6 is 31.9 Å². The molecular formula is C14H13Br2NO2. The largest absolute Gasteiger partial charge is 0.304 e. The van der Waals surface area contributed by atoms with Crippen LogP contribution < -0.4 is 4.90 Å². The molecule has 0 unspecified atom stereocenters. The molecule has 5 heteroatoms. The Morgan fingerprint density at radius 3 is 2.58 bits per heavy atom. The second-order valence-electron chi connectivity index (χ2n) is 5.37. The van der Waals surface area contributed by atoms with Crippen LogP contribution in [0, 0.1) is 5.41 Å². The number of benzene rings is 1. The fourth-order valence-corrected chi connectivity index (χ4v) is 3.87. The topological polar surface area (TPSA) is 37.4 Å². The third-order valence-corrected chi connectivity index (χ3v) is 5.81. The van der Waals surface area contributed by atoms with Crippen molar-refractivity contribution in [2.24, 2.45) is 5.41 Å². The molecule has 1 aromatic carbocycles. The van der Waals surface area contributed by atoms with Crippen LogP contribution in [-0.2, 0) is 4.79 Å². The van der Waals surface area contributed by atoms with Crippen LogP contribution in [0.5, 0.6) is 0 Å². The number of anilines is 1. The van der Waals surface area contributed by atoms with Crippen LogP contribution in [-0.4, -0.2) is 23.6 Å². The van der Waals surface area contributed by atoms with E-state index >= 15 is 0 Å². The number of ketones is 1. The molecule has 0 N–H and O–H groups in total. The Hall–Kier alpha value is -0.680. The summed E-state index contributed by atoms with van der Waals surface area (Å²) in [7, 11) is 0. The standard InChI is InChI=1S/C14H13Br2NO2/c15-7-14(4-1-5-14)8-17-11-3-2-9(16)6-10(11)12(18)13(17)19/h2-3,6H,1,4-5,7-8H2. The highest BCUT2D eigenvalue weighted by atomic mass is 79.9. The second kappa shape index (κ2) is 4.70. The lowest BCUT2D eigenvalue weighted by Crippen LogP contribution is -2.45. The summed E-state index contributed by atoms with van der Waals surface area (Å²) in [5.41, 5.74) is 1.42. The Bertz CT molecular complexity index is 561. The number of hydrogen-bond donors (Lipinski definition) is 0. The monoisotopic (exact) mass is 385 g/mol. The van der Waals surface area contributed by atoms with Crippen LogP contribution in [0.2, 0.25) is 0 Å². The normalized spacial score (nSPS) is 20.4. The third-order valence-electron chi connectivity index (χ3n) is 4.12. The lowest BCUT2D eigenvalue weighted by molar-refractivity contribution is -0.114. The Kier molecular flexibility index (Phi) is 3.29. The molecule has 100 valence electrons. The molecule has 0 radical (unpaired) electrons. The Morgan fingerprint density at radius 1 is 1.26 bits per heavy atom. The first-order chi connectivity index (χ1) is 9.06. The van der Waals surface area contributed by atoms with Crippen molar-refractivity contribution in [2.45, 2.75) is 19.3 Å². The van der Waals surface area contributed by atoms with Crippen molar-refractivity contribution in [1.82, 2.24) is 0 Å². The first-order valence-corrected chi connectivity index (χ1v) is 8.19. The van der Waals surface area contributed by atoms with E-state index in [1.807, 2.05) is 12.1 Å². The number of carbonyl (C=O) groups excluding carboxylic acids is 2. The highest BCUT2D eigenvalue weighted by Crippen LogP contribution is 2.45.